The van der Waals surface area contributed by atoms with Gasteiger partial charge in [0.1, 0.15) is 0 Å². The summed E-state index contributed by atoms with van der Waals surface area (Å²) < 4.78 is 0. The van der Waals surface area contributed by atoms with E-state index in [9.17, 15) is 4.79 Å². The van der Waals surface area contributed by atoms with Crippen molar-refractivity contribution in [1.29, 1.82) is 0 Å². The van der Waals surface area contributed by atoms with E-state index in [0.29, 0.717) is 17.9 Å². The number of amides is 1. The summed E-state index contributed by atoms with van der Waals surface area (Å²) in [5.41, 5.74) is 0. The molecule has 0 unspecified atom stereocenters. The molecular formula is C10H19NO. The highest BCUT2D eigenvalue weighted by Gasteiger charge is 2.32. The molecule has 2 atom stereocenters. The molecule has 1 rings (SSSR count). The van der Waals surface area contributed by atoms with Gasteiger partial charge in [0.25, 0.3) is 0 Å². The van der Waals surface area contributed by atoms with Crippen LogP contribution in [0.1, 0.15) is 40.0 Å². The summed E-state index contributed by atoms with van der Waals surface area (Å²) in [7, 11) is 0. The lowest BCUT2D eigenvalue weighted by Crippen LogP contribution is -2.33. The first-order valence-electron chi connectivity index (χ1n) is 4.96. The molecule has 2 nitrogen and oxygen atoms in total. The zero-order valence-electron chi connectivity index (χ0n) is 8.34. The van der Waals surface area contributed by atoms with Crippen molar-refractivity contribution in [2.24, 2.45) is 5.92 Å². The molecule has 2 heteroatoms. The Kier molecular flexibility index (Phi) is 3.12. The average Bonchev–Trinajstić information content (AvgIpc) is 2.25. The predicted molar refractivity (Wildman–Crippen MR) is 49.9 cm³/mol. The smallest absolute Gasteiger partial charge is 0.223 e. The first kappa shape index (κ1) is 9.56. The van der Waals surface area contributed by atoms with Crippen molar-refractivity contribution in [2.45, 2.75) is 46.1 Å². The number of likely N-dealkylation sites (tertiary alicyclic amines) is 1. The predicted octanol–water partition coefficient (Wildman–Crippen LogP) is 2.04. The first-order chi connectivity index (χ1) is 5.66. The zero-order valence-corrected chi connectivity index (χ0v) is 8.34. The van der Waals surface area contributed by atoms with E-state index in [0.717, 1.165) is 19.4 Å². The molecule has 0 aliphatic carbocycles. The number of carbonyl (C=O) groups excluding carboxylic acids is 1. The van der Waals surface area contributed by atoms with Crippen LogP contribution in [0.2, 0.25) is 0 Å². The lowest BCUT2D eigenvalue weighted by Gasteiger charge is -2.22. The third-order valence-electron chi connectivity index (χ3n) is 2.88. The number of hydrogen-bond acceptors (Lipinski definition) is 1. The normalized spacial score (nSPS) is 29.9. The molecule has 0 bridgehead atoms. The number of rotatable bonds is 3. The van der Waals surface area contributed by atoms with E-state index in [-0.39, 0.29) is 0 Å². The molecule has 0 saturated carbocycles. The lowest BCUT2D eigenvalue weighted by atomic mass is 10.1. The molecule has 70 valence electrons. The Morgan fingerprint density at radius 3 is 2.58 bits per heavy atom. The SMILES string of the molecule is CCCCN1C(=O)C[C@@H](C)[C@H]1C. The summed E-state index contributed by atoms with van der Waals surface area (Å²) >= 11 is 0. The van der Waals surface area contributed by atoms with Gasteiger partial charge >= 0.3 is 0 Å². The maximum absolute atomic E-state index is 11.4. The van der Waals surface area contributed by atoms with E-state index >= 15 is 0 Å². The summed E-state index contributed by atoms with van der Waals surface area (Å²) in [6, 6.07) is 0.462. The van der Waals surface area contributed by atoms with Gasteiger partial charge in [0.15, 0.2) is 0 Å². The van der Waals surface area contributed by atoms with E-state index in [4.69, 9.17) is 0 Å². The molecule has 0 spiro atoms. The minimum absolute atomic E-state index is 0.350. The Hall–Kier alpha value is -0.530. The largest absolute Gasteiger partial charge is 0.340 e. The Bertz CT molecular complexity index is 167. The number of unbranched alkanes of at least 4 members (excludes halogenated alkanes) is 1. The second-order valence-electron chi connectivity index (χ2n) is 3.86. The fraction of sp³-hybridized carbons (Fsp3) is 0.900. The van der Waals surface area contributed by atoms with Crippen LogP contribution in [0.15, 0.2) is 0 Å². The van der Waals surface area contributed by atoms with Crippen molar-refractivity contribution in [3.63, 3.8) is 0 Å². The minimum atomic E-state index is 0.350. The van der Waals surface area contributed by atoms with Crippen LogP contribution < -0.4 is 0 Å². The molecule has 0 aromatic carbocycles. The van der Waals surface area contributed by atoms with Crippen LogP contribution in [-0.2, 0) is 4.79 Å². The quantitative estimate of drug-likeness (QED) is 0.633. The first-order valence-corrected chi connectivity index (χ1v) is 4.96. The van der Waals surface area contributed by atoms with Gasteiger partial charge in [-0.1, -0.05) is 20.3 Å². The van der Waals surface area contributed by atoms with Crippen molar-refractivity contribution < 1.29 is 4.79 Å². The lowest BCUT2D eigenvalue weighted by molar-refractivity contribution is -0.128. The van der Waals surface area contributed by atoms with Gasteiger partial charge in [-0.05, 0) is 19.3 Å². The molecule has 0 aromatic heterocycles. The Morgan fingerprint density at radius 1 is 1.50 bits per heavy atom. The molecule has 1 saturated heterocycles. The molecule has 1 aliphatic heterocycles. The molecule has 0 radical (unpaired) electrons. The Balaban J connectivity index is 2.46. The van der Waals surface area contributed by atoms with Crippen molar-refractivity contribution >= 4 is 5.91 Å². The monoisotopic (exact) mass is 169 g/mol. The van der Waals surface area contributed by atoms with E-state index in [1.165, 1.54) is 6.42 Å². The van der Waals surface area contributed by atoms with Crippen LogP contribution in [0.3, 0.4) is 0 Å². The van der Waals surface area contributed by atoms with E-state index in [1.807, 2.05) is 4.90 Å². The average molecular weight is 169 g/mol. The van der Waals surface area contributed by atoms with Gasteiger partial charge in [0, 0.05) is 19.0 Å². The van der Waals surface area contributed by atoms with Crippen molar-refractivity contribution in [3.05, 3.63) is 0 Å². The van der Waals surface area contributed by atoms with E-state index in [1.54, 1.807) is 0 Å². The molecule has 12 heavy (non-hydrogen) atoms. The second kappa shape index (κ2) is 3.92. The fourth-order valence-corrected chi connectivity index (χ4v) is 1.75. The zero-order chi connectivity index (χ0) is 9.14. The van der Waals surface area contributed by atoms with Crippen LogP contribution in [0.25, 0.3) is 0 Å². The maximum atomic E-state index is 11.4. The van der Waals surface area contributed by atoms with Gasteiger partial charge in [-0.15, -0.1) is 0 Å². The molecule has 0 aromatic rings. The molecule has 1 fully saturated rings. The molecular weight excluding hydrogens is 150 g/mol. The van der Waals surface area contributed by atoms with Crippen LogP contribution in [0.4, 0.5) is 0 Å². The second-order valence-corrected chi connectivity index (χ2v) is 3.86. The van der Waals surface area contributed by atoms with Crippen LogP contribution in [-0.4, -0.2) is 23.4 Å². The molecule has 1 heterocycles. The highest BCUT2D eigenvalue weighted by Crippen LogP contribution is 2.24. The summed E-state index contributed by atoms with van der Waals surface area (Å²) in [6.07, 6.45) is 3.07. The summed E-state index contributed by atoms with van der Waals surface area (Å²) in [4.78, 5) is 13.5. The van der Waals surface area contributed by atoms with Crippen LogP contribution in [0, 0.1) is 5.92 Å². The van der Waals surface area contributed by atoms with Crippen molar-refractivity contribution in [2.75, 3.05) is 6.54 Å². The number of nitrogens with zero attached hydrogens (tertiary/aromatic N) is 1. The number of carbonyl (C=O) groups is 1. The van der Waals surface area contributed by atoms with Crippen LogP contribution >= 0.6 is 0 Å². The van der Waals surface area contributed by atoms with Gasteiger partial charge in [-0.3, -0.25) is 4.79 Å². The van der Waals surface area contributed by atoms with Gasteiger partial charge in [0.2, 0.25) is 5.91 Å². The van der Waals surface area contributed by atoms with E-state index in [2.05, 4.69) is 20.8 Å². The Labute approximate surface area is 74.9 Å². The third kappa shape index (κ3) is 1.79. The standard InChI is InChI=1S/C10H19NO/c1-4-5-6-11-9(3)8(2)7-10(11)12/h8-9H,4-7H2,1-3H3/t8-,9-/m1/s1. The van der Waals surface area contributed by atoms with E-state index < -0.39 is 0 Å². The Morgan fingerprint density at radius 2 is 2.17 bits per heavy atom. The van der Waals surface area contributed by atoms with Crippen molar-refractivity contribution in [3.8, 4) is 0 Å². The third-order valence-corrected chi connectivity index (χ3v) is 2.88. The van der Waals surface area contributed by atoms with Crippen molar-refractivity contribution in [1.82, 2.24) is 4.90 Å². The number of hydrogen-bond donors (Lipinski definition) is 0. The van der Waals surface area contributed by atoms with Gasteiger partial charge in [-0.25, -0.2) is 0 Å². The van der Waals surface area contributed by atoms with Gasteiger partial charge < -0.3 is 4.90 Å². The highest BCUT2D eigenvalue weighted by atomic mass is 16.2. The molecule has 1 aliphatic rings. The highest BCUT2D eigenvalue weighted by molar-refractivity contribution is 5.79. The van der Waals surface area contributed by atoms with Gasteiger partial charge in [-0.2, -0.15) is 0 Å². The van der Waals surface area contributed by atoms with Gasteiger partial charge in [0.05, 0.1) is 0 Å². The fourth-order valence-electron chi connectivity index (χ4n) is 1.75. The summed E-state index contributed by atoms with van der Waals surface area (Å²) in [5, 5.41) is 0. The molecule has 1 amide bonds. The maximum Gasteiger partial charge on any atom is 0.223 e. The topological polar surface area (TPSA) is 20.3 Å². The van der Waals surface area contributed by atoms with Crippen LogP contribution in [0.5, 0.6) is 0 Å². The summed E-state index contributed by atoms with van der Waals surface area (Å²) in [6.45, 7) is 7.44. The minimum Gasteiger partial charge on any atom is -0.340 e. The summed E-state index contributed by atoms with van der Waals surface area (Å²) in [5.74, 6) is 0.901. The molecule has 0 N–H and O–H groups in total.